The van der Waals surface area contributed by atoms with Crippen molar-refractivity contribution in [1.29, 1.82) is 0 Å². The number of benzene rings is 3. The lowest BCUT2D eigenvalue weighted by Gasteiger charge is -2.55. The maximum atomic E-state index is 14.8. The number of fused-ring (bicyclic) bond motifs is 2. The molecule has 0 aliphatic carbocycles. The number of rotatable bonds is 14. The van der Waals surface area contributed by atoms with Crippen molar-refractivity contribution in [3.05, 3.63) is 138 Å². The fraction of sp³-hybridized carbons (Fsp3) is 0.380. The van der Waals surface area contributed by atoms with Gasteiger partial charge in [-0.3, -0.25) is 19.2 Å². The first-order chi connectivity index (χ1) is 30.6. The predicted octanol–water partition coefficient (Wildman–Crippen LogP) is 5.37. The Labute approximate surface area is 368 Å². The normalized spacial score (nSPS) is 20.0. The molecule has 4 saturated heterocycles. The molecular formula is C50H56N8O5. The number of aromatic hydroxyl groups is 1. The Balaban J connectivity index is 0.967. The molecule has 13 heteroatoms. The van der Waals surface area contributed by atoms with E-state index in [2.05, 4.69) is 16.4 Å². The fourth-order valence-corrected chi connectivity index (χ4v) is 10.0. The first kappa shape index (κ1) is 42.0. The monoisotopic (exact) mass is 848 g/mol. The molecule has 0 saturated carbocycles. The zero-order chi connectivity index (χ0) is 43.6. The SMILES string of the molecule is C=CCN1CC(=O)N2[C@@H](Cc3ccc(O)cc3)C(=O)N(Cc3cccc4c(C(=O)Cc5ccc(N6CCC(N7CCC7)CC6)nc5)cn(C)c34)C[C@@H]2N1C(=O)CCc1ccccc1. The Hall–Kier alpha value is -6.31. The average Bonchev–Trinajstić information content (AvgIpc) is 3.62. The van der Waals surface area contributed by atoms with Crippen LogP contribution in [-0.2, 0) is 47.2 Å². The molecular weight excluding hydrogens is 793 g/mol. The number of pyridine rings is 1. The van der Waals surface area contributed by atoms with E-state index in [0.717, 1.165) is 64.9 Å². The summed E-state index contributed by atoms with van der Waals surface area (Å²) in [6, 6.07) is 26.1. The van der Waals surface area contributed by atoms with Crippen LogP contribution in [0.15, 0.2) is 110 Å². The van der Waals surface area contributed by atoms with Crippen molar-refractivity contribution in [3.63, 3.8) is 0 Å². The van der Waals surface area contributed by atoms with Gasteiger partial charge in [0.1, 0.15) is 23.8 Å². The Morgan fingerprint density at radius 3 is 2.35 bits per heavy atom. The maximum absolute atomic E-state index is 14.8. The zero-order valence-corrected chi connectivity index (χ0v) is 36.0. The molecule has 13 nitrogen and oxygen atoms in total. The van der Waals surface area contributed by atoms with Crippen LogP contribution in [0.4, 0.5) is 5.82 Å². The number of aryl methyl sites for hydroxylation is 2. The largest absolute Gasteiger partial charge is 0.508 e. The highest BCUT2D eigenvalue weighted by molar-refractivity contribution is 6.09. The molecule has 9 rings (SSSR count). The first-order valence-electron chi connectivity index (χ1n) is 22.3. The van der Waals surface area contributed by atoms with Crippen LogP contribution in [0.2, 0.25) is 0 Å². The standard InChI is InChI=1S/C50H56N8O5/c1-3-23-56-34-48(62)57-43(28-36-13-17-40(59)18-14-36)50(63)55(33-46(57)58(56)47(61)20-16-35-9-5-4-6-10-35)31-38-11-7-12-41-42(32-52(2)49(38)41)44(60)29-37-15-19-45(51-30-37)54-26-21-39(22-27-54)53-24-8-25-53/h3-7,9-15,17-19,30,32,39,43,46,59H,1,8,16,20-29,31,33-34H2,2H3/t43-,46-/m0/s1. The van der Waals surface area contributed by atoms with Gasteiger partial charge in [0.25, 0.3) is 0 Å². The molecule has 3 aromatic carbocycles. The molecule has 2 aromatic heterocycles. The molecule has 326 valence electrons. The second-order valence-corrected chi connectivity index (χ2v) is 17.4. The number of hydrogen-bond acceptors (Lipinski definition) is 9. The number of carbonyl (C=O) groups is 4. The number of hydrogen-bond donors (Lipinski definition) is 1. The van der Waals surface area contributed by atoms with Crippen molar-refractivity contribution in [2.75, 3.05) is 50.7 Å². The first-order valence-corrected chi connectivity index (χ1v) is 22.3. The number of phenolic OH excluding ortho intramolecular Hbond substituents is 1. The number of aromatic nitrogens is 2. The van der Waals surface area contributed by atoms with Gasteiger partial charge in [-0.2, -0.15) is 0 Å². The van der Waals surface area contributed by atoms with Gasteiger partial charge in [-0.05, 0) is 79.2 Å². The number of Topliss-reactive ketones (excluding diaryl/α,β-unsaturated/α-hetero) is 1. The third kappa shape index (κ3) is 8.72. The summed E-state index contributed by atoms with van der Waals surface area (Å²) in [7, 11) is 1.91. The lowest BCUT2D eigenvalue weighted by molar-refractivity contribution is -0.205. The van der Waals surface area contributed by atoms with Crippen LogP contribution in [0.1, 0.15) is 58.3 Å². The summed E-state index contributed by atoms with van der Waals surface area (Å²) in [5.41, 5.74) is 4.94. The van der Waals surface area contributed by atoms with Crippen molar-refractivity contribution in [2.24, 2.45) is 7.05 Å². The summed E-state index contributed by atoms with van der Waals surface area (Å²) in [4.78, 5) is 70.4. The highest BCUT2D eigenvalue weighted by Gasteiger charge is 2.51. The highest BCUT2D eigenvalue weighted by atomic mass is 16.3. The summed E-state index contributed by atoms with van der Waals surface area (Å²) < 4.78 is 1.95. The van der Waals surface area contributed by atoms with Gasteiger partial charge in [-0.1, -0.05) is 72.8 Å². The minimum absolute atomic E-state index is 0.0194. The van der Waals surface area contributed by atoms with Gasteiger partial charge in [0.2, 0.25) is 17.7 Å². The Morgan fingerprint density at radius 1 is 0.889 bits per heavy atom. The van der Waals surface area contributed by atoms with Crippen molar-refractivity contribution >= 4 is 40.2 Å². The second kappa shape index (κ2) is 18.2. The van der Waals surface area contributed by atoms with Gasteiger partial charge in [-0.15, -0.1) is 6.58 Å². The number of piperidine rings is 1. The van der Waals surface area contributed by atoms with Crippen molar-refractivity contribution in [3.8, 4) is 5.75 Å². The molecule has 63 heavy (non-hydrogen) atoms. The molecule has 0 bridgehead atoms. The summed E-state index contributed by atoms with van der Waals surface area (Å²) >= 11 is 0. The zero-order valence-electron chi connectivity index (χ0n) is 36.0. The van der Waals surface area contributed by atoms with E-state index < -0.39 is 12.2 Å². The molecule has 6 heterocycles. The number of anilines is 1. The third-order valence-corrected chi connectivity index (χ3v) is 13.4. The van der Waals surface area contributed by atoms with Crippen LogP contribution in [0.25, 0.3) is 10.9 Å². The Morgan fingerprint density at radius 2 is 1.65 bits per heavy atom. The number of likely N-dealkylation sites (tertiary alicyclic amines) is 1. The molecule has 0 unspecified atom stereocenters. The molecule has 0 radical (unpaired) electrons. The smallest absolute Gasteiger partial charge is 0.246 e. The number of amides is 3. The molecule has 3 amide bonds. The minimum Gasteiger partial charge on any atom is -0.508 e. The maximum Gasteiger partial charge on any atom is 0.246 e. The highest BCUT2D eigenvalue weighted by Crippen LogP contribution is 2.33. The number of piperazine rings is 1. The van der Waals surface area contributed by atoms with E-state index >= 15 is 0 Å². The van der Waals surface area contributed by atoms with Gasteiger partial charge in [0.05, 0.1) is 18.6 Å². The molecule has 4 aliphatic heterocycles. The van der Waals surface area contributed by atoms with E-state index in [0.29, 0.717) is 18.0 Å². The average molecular weight is 849 g/mol. The van der Waals surface area contributed by atoms with E-state index in [-0.39, 0.29) is 74.7 Å². The summed E-state index contributed by atoms with van der Waals surface area (Å²) in [5.74, 6) is 0.402. The number of hydrazine groups is 1. The van der Waals surface area contributed by atoms with Crippen LogP contribution in [-0.4, -0.2) is 127 Å². The summed E-state index contributed by atoms with van der Waals surface area (Å²) in [6.07, 6.45) is 9.36. The second-order valence-electron chi connectivity index (χ2n) is 17.4. The van der Waals surface area contributed by atoms with E-state index in [1.54, 1.807) is 50.2 Å². The predicted molar refractivity (Wildman–Crippen MR) is 242 cm³/mol. The Kier molecular flexibility index (Phi) is 12.1. The number of para-hydroxylation sites is 1. The van der Waals surface area contributed by atoms with Crippen LogP contribution in [0.5, 0.6) is 5.75 Å². The van der Waals surface area contributed by atoms with E-state index in [1.807, 2.05) is 84.7 Å². The molecule has 4 aliphatic rings. The molecule has 5 aromatic rings. The van der Waals surface area contributed by atoms with Gasteiger partial charge < -0.3 is 29.3 Å². The lowest BCUT2D eigenvalue weighted by atomic mass is 9.97. The third-order valence-electron chi connectivity index (χ3n) is 13.4. The van der Waals surface area contributed by atoms with Gasteiger partial charge in [0, 0.05) is 81.9 Å². The van der Waals surface area contributed by atoms with Crippen molar-refractivity contribution < 1.29 is 24.3 Å². The van der Waals surface area contributed by atoms with Gasteiger partial charge >= 0.3 is 0 Å². The van der Waals surface area contributed by atoms with Gasteiger partial charge in [-0.25, -0.2) is 15.0 Å². The molecule has 1 N–H and O–H groups in total. The van der Waals surface area contributed by atoms with E-state index in [1.165, 1.54) is 19.5 Å². The number of phenols is 1. The number of nitrogens with zero attached hydrogens (tertiary/aromatic N) is 8. The number of carbonyl (C=O) groups excluding carboxylic acids is 4. The van der Waals surface area contributed by atoms with Crippen LogP contribution < -0.4 is 4.90 Å². The van der Waals surface area contributed by atoms with Crippen LogP contribution >= 0.6 is 0 Å². The minimum atomic E-state index is -0.905. The quantitative estimate of drug-likeness (QED) is 0.116. The molecule has 0 spiro atoms. The van der Waals surface area contributed by atoms with Crippen molar-refractivity contribution in [2.45, 2.75) is 69.7 Å². The van der Waals surface area contributed by atoms with Crippen LogP contribution in [0.3, 0.4) is 0 Å². The Bertz CT molecular complexity index is 2480. The van der Waals surface area contributed by atoms with Crippen molar-refractivity contribution in [1.82, 2.24) is 34.3 Å². The van der Waals surface area contributed by atoms with Gasteiger partial charge in [0.15, 0.2) is 5.78 Å². The number of ketones is 1. The van der Waals surface area contributed by atoms with E-state index in [9.17, 15) is 24.3 Å². The van der Waals surface area contributed by atoms with Crippen LogP contribution in [0, 0.1) is 0 Å². The lowest BCUT2D eigenvalue weighted by Crippen LogP contribution is -2.75. The summed E-state index contributed by atoms with van der Waals surface area (Å²) in [5, 5.41) is 14.2. The fourth-order valence-electron chi connectivity index (χ4n) is 10.0. The van der Waals surface area contributed by atoms with E-state index in [4.69, 9.17) is 4.98 Å². The molecule has 4 fully saturated rings. The summed E-state index contributed by atoms with van der Waals surface area (Å²) in [6.45, 7) is 8.83. The molecule has 2 atom stereocenters. The topological polar surface area (TPSA) is 126 Å².